The van der Waals surface area contributed by atoms with Crippen LogP contribution in [0.2, 0.25) is 0 Å². The van der Waals surface area contributed by atoms with Crippen LogP contribution in [0.4, 0.5) is 0 Å². The zero-order chi connectivity index (χ0) is 56.2. The van der Waals surface area contributed by atoms with Gasteiger partial charge in [-0.3, -0.25) is 33.8 Å². The number of benzene rings is 2. The van der Waals surface area contributed by atoms with Gasteiger partial charge in [-0.1, -0.05) is 56.7 Å². The molecule has 2 atom stereocenters. The Morgan fingerprint density at radius 3 is 1.78 bits per heavy atom. The fourth-order valence-electron chi connectivity index (χ4n) is 10.8. The van der Waals surface area contributed by atoms with Crippen LogP contribution in [0.25, 0.3) is 44.6 Å². The number of carbonyl (C=O) groups excluding carboxylic acids is 5. The predicted octanol–water partition coefficient (Wildman–Crippen LogP) is 5.44. The fourth-order valence-corrected chi connectivity index (χ4v) is 10.8. The first-order valence-corrected chi connectivity index (χ1v) is 26.0. The summed E-state index contributed by atoms with van der Waals surface area (Å²) in [6.07, 6.45) is 6.49. The van der Waals surface area contributed by atoms with Crippen molar-refractivity contribution in [3.63, 3.8) is 0 Å². The van der Waals surface area contributed by atoms with Crippen molar-refractivity contribution in [3.8, 4) is 22.8 Å². The monoisotopic (exact) mass is 1300 g/mol. The molecule has 20 nitrogen and oxygen atoms in total. The molecule has 79 heavy (non-hydrogen) atoms. The molecule has 0 unspecified atom stereocenters. The van der Waals surface area contributed by atoms with Crippen molar-refractivity contribution >= 4 is 71.8 Å². The van der Waals surface area contributed by atoms with Crippen molar-refractivity contribution < 1.29 is 89.0 Å². The minimum Gasteiger partial charge on any atom is -0.481 e. The molecule has 2 aromatic carbocycles. The third-order valence-electron chi connectivity index (χ3n) is 15.0. The second kappa shape index (κ2) is 24.0. The molecule has 2 saturated heterocycles. The summed E-state index contributed by atoms with van der Waals surface area (Å²) in [6, 6.07) is 22.9. The molecule has 13 rings (SSSR count). The maximum atomic E-state index is 13.4. The molecule has 0 aliphatic carbocycles. The maximum absolute atomic E-state index is 13.4. The number of aliphatic imine (C=N–C) groups is 1. The second-order valence-electron chi connectivity index (χ2n) is 19.7. The van der Waals surface area contributed by atoms with Gasteiger partial charge in [0.1, 0.15) is 13.2 Å². The number of ether oxygens (including phenoxy) is 4. The fraction of sp³-hybridized carbons (Fsp3) is 0.386. The minimum absolute atomic E-state index is 0. The van der Waals surface area contributed by atoms with Gasteiger partial charge < -0.3 is 43.2 Å². The molecule has 0 saturated carbocycles. The summed E-state index contributed by atoms with van der Waals surface area (Å²) < 4.78 is 28.4. The predicted molar refractivity (Wildman–Crippen MR) is 284 cm³/mol. The van der Waals surface area contributed by atoms with Gasteiger partial charge in [-0.25, -0.2) is 19.6 Å². The van der Waals surface area contributed by atoms with Crippen molar-refractivity contribution in [2.45, 2.75) is 122 Å². The van der Waals surface area contributed by atoms with Crippen molar-refractivity contribution in [2.24, 2.45) is 4.99 Å². The van der Waals surface area contributed by atoms with Gasteiger partial charge in [-0.05, 0) is 69.8 Å². The standard InChI is InChI=1S/C24H20N2O7.C20H16N2O4.C9H16N2.C4H4O3.BH.U/c1-2-24(33-20(29)8-7-19(27)28)16-10-18-21-14(9-13-5-3-4-6-17(13)25-21)11-26(18)22(30)15(16)12-32-23(24)31;1-2-20(25)14-8-16-17-12(7-11-5-3-4-6-15(11)21-17)9-22(16)18(23)13(14)10-26-19(20)24;1-2-5-9-10-6-4-8-11(9)7-3-1;5-3-1-2-4(6)7-3;;/h3-6,9-10H,2,7-8,11-12H2,1H3,(H,27,28);3-8,25H,2,9-10H2,1H3;1-8H2;1-2H2;1H;/t24-;20-;;;;/m00..../s1/i;;;;1D;. The molecule has 4 aromatic heterocycles. The zero-order valence-electron chi connectivity index (χ0n) is 44.7. The number of amidine groups is 1. The van der Waals surface area contributed by atoms with Gasteiger partial charge in [0.05, 0.1) is 89.5 Å². The molecule has 406 valence electrons. The van der Waals surface area contributed by atoms with E-state index in [2.05, 4.69) is 23.0 Å². The van der Waals surface area contributed by atoms with Gasteiger partial charge >= 0.3 is 35.8 Å². The quantitative estimate of drug-likeness (QED) is 0.0908. The number of nitrogens with zero attached hydrogens (tertiary/aromatic N) is 6. The smallest absolute Gasteiger partial charge is 0.355 e. The SMILES string of the molecule is C1CCC2=NCCCN2CC1.CC[C@@]1(O)C(=O)OCc2c1cc1n(c2=O)Cc2cc3ccccc3nc2-1.CC[C@@]1(OC(=O)CCC(=O)O)C(=O)OCc2c1cc1n(c2=O)Cc2cc3ccccc3nc2-1.O=C1CCC(=O)O1.[2H][B].[U]. The number of pyridine rings is 4. The Morgan fingerprint density at radius 2 is 1.24 bits per heavy atom. The number of carboxylic acid groups (broad SMARTS) is 1. The molecule has 2 N–H and O–H groups in total. The Hall–Kier alpha value is -7.27. The van der Waals surface area contributed by atoms with Crippen LogP contribution in [0, 0.1) is 31.1 Å². The first-order valence-electron chi connectivity index (χ1n) is 26.5. The number of hydrogen-bond donors (Lipinski definition) is 2. The molecule has 7 aliphatic heterocycles. The summed E-state index contributed by atoms with van der Waals surface area (Å²) in [5.74, 6) is -2.90. The number of fused-ring (bicyclic) bond motifs is 11. The largest absolute Gasteiger partial charge is 0.481 e. The van der Waals surface area contributed by atoms with E-state index in [4.69, 9.17) is 30.6 Å². The van der Waals surface area contributed by atoms with Crippen LogP contribution in [0.1, 0.15) is 118 Å². The molecule has 0 spiro atoms. The molecule has 0 amide bonds. The number of aliphatic carboxylic acids is 1. The van der Waals surface area contributed by atoms with Crippen LogP contribution in [-0.4, -0.2) is 105 Å². The van der Waals surface area contributed by atoms with Crippen molar-refractivity contribution in [3.05, 3.63) is 127 Å². The number of cyclic esters (lactones) is 4. The van der Waals surface area contributed by atoms with Crippen molar-refractivity contribution in [1.82, 2.24) is 24.0 Å². The van der Waals surface area contributed by atoms with E-state index in [0.29, 0.717) is 41.3 Å². The Bertz CT molecular complexity index is 3610. The Morgan fingerprint density at radius 1 is 0.696 bits per heavy atom. The van der Waals surface area contributed by atoms with Gasteiger partial charge in [0.2, 0.25) is 5.60 Å². The number of carbonyl (C=O) groups is 6. The van der Waals surface area contributed by atoms with Gasteiger partial charge in [-0.2, -0.15) is 0 Å². The molecule has 22 heteroatoms. The molecule has 6 aromatic rings. The molecule has 2 fully saturated rings. The van der Waals surface area contributed by atoms with Crippen LogP contribution >= 0.6 is 0 Å². The van der Waals surface area contributed by atoms with Gasteiger partial charge in [0, 0.05) is 98.6 Å². The van der Waals surface area contributed by atoms with Crippen molar-refractivity contribution in [1.29, 1.82) is 1.34 Å². The maximum Gasteiger partial charge on any atom is 0.355 e. The summed E-state index contributed by atoms with van der Waals surface area (Å²) in [6.45, 7) is 7.36. The normalized spacial score (nSPS) is 19.8. The Labute approximate surface area is 479 Å². The topological polar surface area (TPSA) is 265 Å². The van der Waals surface area contributed by atoms with E-state index in [9.17, 15) is 43.5 Å². The van der Waals surface area contributed by atoms with E-state index in [1.165, 1.54) is 51.0 Å². The molecule has 0 bridgehead atoms. The summed E-state index contributed by atoms with van der Waals surface area (Å²) in [5.41, 5.74) is 2.98. The first-order chi connectivity index (χ1) is 38.1. The summed E-state index contributed by atoms with van der Waals surface area (Å²) in [4.78, 5) is 111. The van der Waals surface area contributed by atoms with E-state index in [1.807, 2.05) is 60.7 Å². The minimum atomic E-state index is -1.82. The first kappa shape index (κ1) is 56.4. The van der Waals surface area contributed by atoms with E-state index < -0.39 is 59.9 Å². The molecular weight excluding hydrogens is 1240 g/mol. The second-order valence-corrected chi connectivity index (χ2v) is 19.7. The van der Waals surface area contributed by atoms with Crippen LogP contribution in [0.15, 0.2) is 87.4 Å². The number of aliphatic hydroxyl groups is 1. The Balaban J connectivity index is 0.000000157. The van der Waals surface area contributed by atoms with E-state index in [-0.39, 0.29) is 92.3 Å². The summed E-state index contributed by atoms with van der Waals surface area (Å²) in [5, 5.41) is 21.7. The molecule has 2 radical (unpaired) electrons. The number of aromatic nitrogens is 4. The number of rotatable bonds is 6. The number of esters is 5. The van der Waals surface area contributed by atoms with E-state index >= 15 is 0 Å². The Kier molecular flexibility index (Phi) is 17.1. The van der Waals surface area contributed by atoms with E-state index in [1.54, 1.807) is 35.1 Å². The average molecular weight is 1300 g/mol. The average Bonchev–Trinajstić information content (AvgIpc) is 4.24. The summed E-state index contributed by atoms with van der Waals surface area (Å²) >= 11 is 0. The van der Waals surface area contributed by atoms with Gasteiger partial charge in [-0.15, -0.1) is 0 Å². The number of carboxylic acids is 1. The van der Waals surface area contributed by atoms with Gasteiger partial charge in [0.25, 0.3) is 11.1 Å². The molecular formula is C57H57BN6O14U. The summed E-state index contributed by atoms with van der Waals surface area (Å²) in [7, 11) is 3.75. The molecule has 7 aliphatic rings. The molecule has 11 heterocycles. The number of hydrogen-bond acceptors (Lipinski definition) is 17. The van der Waals surface area contributed by atoms with E-state index in [0.717, 1.165) is 45.2 Å². The van der Waals surface area contributed by atoms with Gasteiger partial charge in [0.15, 0.2) is 5.60 Å². The number of para-hydroxylation sites is 2. The third-order valence-corrected chi connectivity index (χ3v) is 15.0. The van der Waals surface area contributed by atoms with Crippen molar-refractivity contribution in [2.75, 3.05) is 19.6 Å². The zero-order valence-corrected chi connectivity index (χ0v) is 47.9. The van der Waals surface area contributed by atoms with Crippen LogP contribution in [0.5, 0.6) is 0 Å². The van der Waals surface area contributed by atoms with Crippen LogP contribution in [-0.2, 0) is 85.2 Å². The third kappa shape index (κ3) is 11.2. The van der Waals surface area contributed by atoms with Crippen LogP contribution in [0.3, 0.4) is 0 Å². The van der Waals surface area contributed by atoms with Crippen LogP contribution < -0.4 is 11.1 Å².